The molecule has 1 atom stereocenters. The minimum Gasteiger partial charge on any atom is -0.334 e. The first-order chi connectivity index (χ1) is 7.84. The molecule has 2 aromatic carbocycles. The Bertz CT molecular complexity index is 586. The Morgan fingerprint density at radius 3 is 2.69 bits per heavy atom. The van der Waals surface area contributed by atoms with Gasteiger partial charge >= 0.3 is 0 Å². The molecule has 0 aromatic heterocycles. The zero-order valence-electron chi connectivity index (χ0n) is 8.67. The second-order valence-corrected chi connectivity index (χ2v) is 5.05. The highest BCUT2D eigenvalue weighted by Gasteiger charge is 2.14. The monoisotopic (exact) mass is 229 g/mol. The zero-order chi connectivity index (χ0) is 11.0. The van der Waals surface area contributed by atoms with Gasteiger partial charge in [0.25, 0.3) is 0 Å². The number of anilines is 1. The van der Waals surface area contributed by atoms with Crippen molar-refractivity contribution >= 4 is 27.3 Å². The van der Waals surface area contributed by atoms with Gasteiger partial charge < -0.3 is 4.90 Å². The number of rotatable bonds is 1. The van der Waals surface area contributed by atoms with Gasteiger partial charge in [0.1, 0.15) is 5.88 Å². The first-order valence-electron chi connectivity index (χ1n) is 5.14. The van der Waals surface area contributed by atoms with Crippen LogP contribution in [0.2, 0.25) is 0 Å². The molecule has 1 unspecified atom stereocenters. The summed E-state index contributed by atoms with van der Waals surface area (Å²) in [5, 5.41) is 4.15. The second kappa shape index (κ2) is 3.76. The minimum absolute atomic E-state index is 0.563. The van der Waals surface area contributed by atoms with Crippen molar-refractivity contribution in [2.24, 2.45) is 0 Å². The van der Waals surface area contributed by atoms with E-state index in [9.17, 15) is 4.21 Å². The third-order valence-electron chi connectivity index (χ3n) is 2.73. The van der Waals surface area contributed by atoms with Gasteiger partial charge in [-0.15, -0.1) is 0 Å². The van der Waals surface area contributed by atoms with Crippen LogP contribution < -0.4 is 4.90 Å². The van der Waals surface area contributed by atoms with E-state index in [-0.39, 0.29) is 0 Å². The normalized spacial score (nSPS) is 19.5. The first kappa shape index (κ1) is 9.60. The molecule has 1 aliphatic rings. The molecule has 0 radical (unpaired) electrons. The summed E-state index contributed by atoms with van der Waals surface area (Å²) in [4.78, 5) is 2.04. The highest BCUT2D eigenvalue weighted by molar-refractivity contribution is 7.88. The minimum atomic E-state index is -0.851. The average molecular weight is 229 g/mol. The van der Waals surface area contributed by atoms with Crippen LogP contribution in [0.3, 0.4) is 0 Å². The van der Waals surface area contributed by atoms with Crippen molar-refractivity contribution in [2.75, 3.05) is 10.8 Å². The zero-order valence-corrected chi connectivity index (χ0v) is 9.48. The Balaban J connectivity index is 2.17. The molecule has 0 N–H and O–H groups in total. The van der Waals surface area contributed by atoms with E-state index in [1.807, 2.05) is 29.3 Å². The lowest BCUT2D eigenvalue weighted by Crippen LogP contribution is -2.14. The summed E-state index contributed by atoms with van der Waals surface area (Å²) in [5.74, 6) is 0.563. The Kier molecular flexibility index (Phi) is 2.26. The fraction of sp³-hybridized carbons (Fsp3) is 0.0769. The average Bonchev–Trinajstić information content (AvgIpc) is 2.75. The molecular formula is C13H11NOS. The molecule has 80 valence electrons. The number of fused-ring (bicyclic) bond motifs is 1. The maximum absolute atomic E-state index is 11.3. The molecule has 0 bridgehead atoms. The third kappa shape index (κ3) is 1.53. The lowest BCUT2D eigenvalue weighted by molar-refractivity contribution is 0.689. The van der Waals surface area contributed by atoms with E-state index in [1.165, 1.54) is 10.8 Å². The Labute approximate surface area is 96.6 Å². The summed E-state index contributed by atoms with van der Waals surface area (Å²) in [7, 11) is -0.851. The van der Waals surface area contributed by atoms with Gasteiger partial charge in [0.15, 0.2) is 0 Å². The molecule has 1 heterocycles. The summed E-state index contributed by atoms with van der Waals surface area (Å²) >= 11 is 0. The molecule has 2 aromatic rings. The lowest BCUT2D eigenvalue weighted by atomic mass is 10.1. The Morgan fingerprint density at radius 2 is 1.88 bits per heavy atom. The predicted octanol–water partition coefficient (Wildman–Crippen LogP) is 2.84. The van der Waals surface area contributed by atoms with Crippen LogP contribution in [-0.4, -0.2) is 10.1 Å². The van der Waals surface area contributed by atoms with Crippen LogP contribution in [0, 0.1) is 0 Å². The van der Waals surface area contributed by atoms with Gasteiger partial charge in [-0.2, -0.15) is 0 Å². The summed E-state index contributed by atoms with van der Waals surface area (Å²) < 4.78 is 11.3. The van der Waals surface area contributed by atoms with Gasteiger partial charge in [-0.05, 0) is 11.5 Å². The fourth-order valence-corrected chi connectivity index (χ4v) is 2.84. The first-order valence-corrected chi connectivity index (χ1v) is 6.53. The fourth-order valence-electron chi connectivity index (χ4n) is 1.97. The number of hydrogen-bond acceptors (Lipinski definition) is 2. The van der Waals surface area contributed by atoms with E-state index in [2.05, 4.69) is 24.3 Å². The smallest absolute Gasteiger partial charge is 0.102 e. The van der Waals surface area contributed by atoms with Gasteiger partial charge in [-0.25, -0.2) is 0 Å². The topological polar surface area (TPSA) is 20.3 Å². The van der Waals surface area contributed by atoms with Gasteiger partial charge in [-0.1, -0.05) is 36.4 Å². The second-order valence-electron chi connectivity index (χ2n) is 3.76. The highest BCUT2D eigenvalue weighted by Crippen LogP contribution is 2.28. The van der Waals surface area contributed by atoms with E-state index in [4.69, 9.17) is 0 Å². The highest BCUT2D eigenvalue weighted by atomic mass is 32.2. The Hall–Kier alpha value is -1.61. The third-order valence-corrected chi connectivity index (χ3v) is 3.69. The van der Waals surface area contributed by atoms with E-state index < -0.39 is 10.8 Å². The van der Waals surface area contributed by atoms with E-state index in [0.717, 1.165) is 5.69 Å². The summed E-state index contributed by atoms with van der Waals surface area (Å²) in [6.45, 7) is 0. The molecule has 1 aliphatic heterocycles. The van der Waals surface area contributed by atoms with Crippen molar-refractivity contribution in [3.8, 4) is 0 Å². The van der Waals surface area contributed by atoms with Gasteiger partial charge in [0, 0.05) is 22.7 Å². The van der Waals surface area contributed by atoms with E-state index in [0.29, 0.717) is 5.88 Å². The maximum atomic E-state index is 11.3. The summed E-state index contributed by atoms with van der Waals surface area (Å²) in [6.07, 6.45) is 1.90. The molecule has 0 saturated heterocycles. The van der Waals surface area contributed by atoms with Crippen LogP contribution in [0.25, 0.3) is 10.8 Å². The molecule has 0 saturated carbocycles. The lowest BCUT2D eigenvalue weighted by Gasteiger charge is -2.16. The number of hydrogen-bond donors (Lipinski definition) is 0. The molecule has 0 aliphatic carbocycles. The van der Waals surface area contributed by atoms with E-state index in [1.54, 1.807) is 5.41 Å². The van der Waals surface area contributed by atoms with Crippen LogP contribution in [0.5, 0.6) is 0 Å². The van der Waals surface area contributed by atoms with Crippen LogP contribution in [0.4, 0.5) is 5.69 Å². The molecule has 0 amide bonds. The molecule has 16 heavy (non-hydrogen) atoms. The molecule has 0 fully saturated rings. The van der Waals surface area contributed by atoms with Crippen molar-refractivity contribution in [1.82, 2.24) is 0 Å². The largest absolute Gasteiger partial charge is 0.334 e. The summed E-state index contributed by atoms with van der Waals surface area (Å²) in [6, 6.07) is 14.4. The SMILES string of the molecule is O=S1C=CN(c2cccc3ccccc23)C1. The quantitative estimate of drug-likeness (QED) is 0.749. The van der Waals surface area contributed by atoms with Crippen molar-refractivity contribution in [1.29, 1.82) is 0 Å². The van der Waals surface area contributed by atoms with E-state index >= 15 is 0 Å². The Morgan fingerprint density at radius 1 is 1.06 bits per heavy atom. The number of nitrogens with zero attached hydrogens (tertiary/aromatic N) is 1. The molecule has 3 heteroatoms. The number of benzene rings is 2. The van der Waals surface area contributed by atoms with Gasteiger partial charge in [0.2, 0.25) is 0 Å². The van der Waals surface area contributed by atoms with Crippen molar-refractivity contribution < 1.29 is 4.21 Å². The van der Waals surface area contributed by atoms with Gasteiger partial charge in [-0.3, -0.25) is 4.21 Å². The van der Waals surface area contributed by atoms with Crippen LogP contribution in [0.15, 0.2) is 54.1 Å². The van der Waals surface area contributed by atoms with Crippen molar-refractivity contribution in [3.63, 3.8) is 0 Å². The predicted molar refractivity (Wildman–Crippen MR) is 68.6 cm³/mol. The van der Waals surface area contributed by atoms with Gasteiger partial charge in [0.05, 0.1) is 10.8 Å². The molecule has 2 nitrogen and oxygen atoms in total. The standard InChI is InChI=1S/C13H11NOS/c15-16-9-8-14(10-16)13-7-3-5-11-4-1-2-6-12(11)13/h1-9H,10H2. The summed E-state index contributed by atoms with van der Waals surface area (Å²) in [5.41, 5.74) is 1.13. The molecule has 3 rings (SSSR count). The van der Waals surface area contributed by atoms with Crippen molar-refractivity contribution in [3.05, 3.63) is 54.1 Å². The van der Waals surface area contributed by atoms with Crippen LogP contribution in [-0.2, 0) is 10.8 Å². The van der Waals surface area contributed by atoms with Crippen LogP contribution in [0.1, 0.15) is 0 Å². The maximum Gasteiger partial charge on any atom is 0.102 e. The molecule has 0 spiro atoms. The van der Waals surface area contributed by atoms with Crippen molar-refractivity contribution in [2.45, 2.75) is 0 Å². The molecular weight excluding hydrogens is 218 g/mol. The van der Waals surface area contributed by atoms with Crippen LogP contribution >= 0.6 is 0 Å².